The molecule has 2 atom stereocenters. The van der Waals surface area contributed by atoms with Gasteiger partial charge >= 0.3 is 0 Å². The van der Waals surface area contributed by atoms with Gasteiger partial charge in [-0.1, -0.05) is 38.1 Å². The summed E-state index contributed by atoms with van der Waals surface area (Å²) in [6.07, 6.45) is 0.313. The third-order valence-corrected chi connectivity index (χ3v) is 4.36. The molecule has 156 valence electrons. The molecule has 0 spiro atoms. The number of para-hydroxylation sites is 2. The third kappa shape index (κ3) is 5.78. The van der Waals surface area contributed by atoms with Gasteiger partial charge in [-0.05, 0) is 25.0 Å². The Morgan fingerprint density at radius 3 is 1.25 bits per heavy atom. The Balaban J connectivity index is 0.000000280. The SMILES string of the molecule is CCC(O)c1cccc(OC)c1OC.CCC(O)c1cccc(OC)c1OC. The molecule has 2 unspecified atom stereocenters. The molecule has 0 aliphatic carbocycles. The zero-order valence-electron chi connectivity index (χ0n) is 17.6. The summed E-state index contributed by atoms with van der Waals surface area (Å²) >= 11 is 0. The van der Waals surface area contributed by atoms with Crippen molar-refractivity contribution in [1.82, 2.24) is 0 Å². The first-order valence-electron chi connectivity index (χ1n) is 9.26. The van der Waals surface area contributed by atoms with Gasteiger partial charge in [-0.2, -0.15) is 0 Å². The summed E-state index contributed by atoms with van der Waals surface area (Å²) in [6, 6.07) is 11.0. The lowest BCUT2D eigenvalue weighted by atomic mass is 10.1. The lowest BCUT2D eigenvalue weighted by molar-refractivity contribution is 0.168. The fourth-order valence-electron chi connectivity index (χ4n) is 2.79. The first-order chi connectivity index (χ1) is 13.5. The molecule has 0 heterocycles. The fraction of sp³-hybridized carbons (Fsp3) is 0.455. The zero-order chi connectivity index (χ0) is 21.1. The molecule has 0 saturated heterocycles. The van der Waals surface area contributed by atoms with E-state index in [4.69, 9.17) is 18.9 Å². The van der Waals surface area contributed by atoms with E-state index in [1.165, 1.54) is 0 Å². The van der Waals surface area contributed by atoms with Gasteiger partial charge in [0.15, 0.2) is 23.0 Å². The predicted molar refractivity (Wildman–Crippen MR) is 110 cm³/mol. The van der Waals surface area contributed by atoms with Gasteiger partial charge < -0.3 is 29.2 Å². The molecule has 28 heavy (non-hydrogen) atoms. The number of ether oxygens (including phenoxy) is 4. The summed E-state index contributed by atoms with van der Waals surface area (Å²) in [5.74, 6) is 2.53. The van der Waals surface area contributed by atoms with E-state index in [0.29, 0.717) is 35.8 Å². The molecule has 6 heteroatoms. The highest BCUT2D eigenvalue weighted by Crippen LogP contribution is 2.36. The van der Waals surface area contributed by atoms with Gasteiger partial charge in [0.05, 0.1) is 40.6 Å². The molecule has 2 N–H and O–H groups in total. The van der Waals surface area contributed by atoms with Crippen molar-refractivity contribution in [2.75, 3.05) is 28.4 Å². The number of aliphatic hydroxyl groups is 2. The molecule has 0 aromatic heterocycles. The number of aliphatic hydroxyl groups excluding tert-OH is 2. The van der Waals surface area contributed by atoms with E-state index < -0.39 is 12.2 Å². The van der Waals surface area contributed by atoms with Gasteiger partial charge in [0.25, 0.3) is 0 Å². The first-order valence-corrected chi connectivity index (χ1v) is 9.26. The number of rotatable bonds is 8. The van der Waals surface area contributed by atoms with E-state index in [1.807, 2.05) is 50.2 Å². The van der Waals surface area contributed by atoms with Crippen LogP contribution in [0.2, 0.25) is 0 Å². The van der Waals surface area contributed by atoms with Gasteiger partial charge in [0, 0.05) is 11.1 Å². The second kappa shape index (κ2) is 12.1. The molecule has 2 aromatic carbocycles. The van der Waals surface area contributed by atoms with Crippen molar-refractivity contribution in [3.8, 4) is 23.0 Å². The average Bonchev–Trinajstić information content (AvgIpc) is 2.76. The molecule has 6 nitrogen and oxygen atoms in total. The second-order valence-electron chi connectivity index (χ2n) is 6.01. The van der Waals surface area contributed by atoms with Gasteiger partial charge in [-0.25, -0.2) is 0 Å². The van der Waals surface area contributed by atoms with Crippen molar-refractivity contribution in [2.45, 2.75) is 38.9 Å². The molecule has 2 aromatic rings. The monoisotopic (exact) mass is 392 g/mol. The Labute approximate surface area is 167 Å². The van der Waals surface area contributed by atoms with Crippen LogP contribution in [-0.4, -0.2) is 38.7 Å². The maximum atomic E-state index is 9.73. The average molecular weight is 392 g/mol. The molecular weight excluding hydrogens is 360 g/mol. The standard InChI is InChI=1S/2C11H16O3/c2*1-4-9(12)8-6-5-7-10(13-2)11(8)14-3/h2*5-7,9,12H,4H2,1-3H3. The van der Waals surface area contributed by atoms with Crippen molar-refractivity contribution >= 4 is 0 Å². The summed E-state index contributed by atoms with van der Waals surface area (Å²) in [5, 5.41) is 19.5. The minimum absolute atomic E-state index is 0.500. The Kier molecular flexibility index (Phi) is 10.2. The highest BCUT2D eigenvalue weighted by atomic mass is 16.5. The van der Waals surface area contributed by atoms with Gasteiger partial charge in [-0.15, -0.1) is 0 Å². The first kappa shape index (κ1) is 23.6. The molecule has 0 bridgehead atoms. The number of hydrogen-bond donors (Lipinski definition) is 2. The smallest absolute Gasteiger partial charge is 0.166 e. The Morgan fingerprint density at radius 2 is 1.00 bits per heavy atom. The van der Waals surface area contributed by atoms with Crippen LogP contribution in [0.4, 0.5) is 0 Å². The van der Waals surface area contributed by atoms with E-state index in [9.17, 15) is 10.2 Å². The van der Waals surface area contributed by atoms with Crippen LogP contribution < -0.4 is 18.9 Å². The van der Waals surface area contributed by atoms with E-state index >= 15 is 0 Å². The Bertz CT molecular complexity index is 655. The molecule has 0 fully saturated rings. The Morgan fingerprint density at radius 1 is 0.643 bits per heavy atom. The van der Waals surface area contributed by atoms with E-state index in [-0.39, 0.29) is 0 Å². The van der Waals surface area contributed by atoms with Crippen LogP contribution in [0.15, 0.2) is 36.4 Å². The lowest BCUT2D eigenvalue weighted by Crippen LogP contribution is -2.00. The van der Waals surface area contributed by atoms with Gasteiger partial charge in [-0.3, -0.25) is 0 Å². The quantitative estimate of drug-likeness (QED) is 0.698. The van der Waals surface area contributed by atoms with Crippen LogP contribution in [0.3, 0.4) is 0 Å². The molecule has 0 saturated carbocycles. The molecular formula is C22H32O6. The summed E-state index contributed by atoms with van der Waals surface area (Å²) < 4.78 is 20.7. The largest absolute Gasteiger partial charge is 0.493 e. The number of hydrogen-bond acceptors (Lipinski definition) is 6. The topological polar surface area (TPSA) is 77.4 Å². The lowest BCUT2D eigenvalue weighted by Gasteiger charge is -2.15. The molecule has 0 radical (unpaired) electrons. The molecule has 0 aliphatic heterocycles. The van der Waals surface area contributed by atoms with E-state index in [2.05, 4.69) is 0 Å². The second-order valence-corrected chi connectivity index (χ2v) is 6.01. The highest BCUT2D eigenvalue weighted by Gasteiger charge is 2.15. The zero-order valence-corrected chi connectivity index (χ0v) is 17.6. The van der Waals surface area contributed by atoms with E-state index in [1.54, 1.807) is 28.4 Å². The minimum Gasteiger partial charge on any atom is -0.493 e. The van der Waals surface area contributed by atoms with Crippen molar-refractivity contribution in [3.05, 3.63) is 47.5 Å². The summed E-state index contributed by atoms with van der Waals surface area (Å²) in [4.78, 5) is 0. The van der Waals surface area contributed by atoms with Crippen LogP contribution in [0.25, 0.3) is 0 Å². The number of methoxy groups -OCH3 is 4. The normalized spacial score (nSPS) is 12.3. The minimum atomic E-state index is -0.500. The van der Waals surface area contributed by atoms with E-state index in [0.717, 1.165) is 11.1 Å². The number of benzene rings is 2. The van der Waals surface area contributed by atoms with Crippen LogP contribution in [0, 0.1) is 0 Å². The van der Waals surface area contributed by atoms with Crippen LogP contribution >= 0.6 is 0 Å². The van der Waals surface area contributed by atoms with Crippen LogP contribution in [0.1, 0.15) is 50.0 Å². The maximum absolute atomic E-state index is 9.73. The molecule has 2 rings (SSSR count). The molecule has 0 aliphatic rings. The van der Waals surface area contributed by atoms with Crippen molar-refractivity contribution in [1.29, 1.82) is 0 Å². The van der Waals surface area contributed by atoms with Crippen molar-refractivity contribution in [3.63, 3.8) is 0 Å². The third-order valence-electron chi connectivity index (χ3n) is 4.36. The van der Waals surface area contributed by atoms with Gasteiger partial charge in [0.1, 0.15) is 0 Å². The maximum Gasteiger partial charge on any atom is 0.166 e. The fourth-order valence-corrected chi connectivity index (χ4v) is 2.79. The summed E-state index contributed by atoms with van der Waals surface area (Å²) in [7, 11) is 6.31. The van der Waals surface area contributed by atoms with Gasteiger partial charge in [0.2, 0.25) is 0 Å². The predicted octanol–water partition coefficient (Wildman–Crippen LogP) is 4.29. The molecule has 0 amide bonds. The van der Waals surface area contributed by atoms with Crippen molar-refractivity contribution < 1.29 is 29.2 Å². The Hall–Kier alpha value is -2.44. The highest BCUT2D eigenvalue weighted by molar-refractivity contribution is 5.48. The summed E-state index contributed by atoms with van der Waals surface area (Å²) in [6.45, 7) is 3.84. The van der Waals surface area contributed by atoms with Crippen molar-refractivity contribution in [2.24, 2.45) is 0 Å². The van der Waals surface area contributed by atoms with Crippen LogP contribution in [0.5, 0.6) is 23.0 Å². The summed E-state index contributed by atoms with van der Waals surface area (Å²) in [5.41, 5.74) is 1.55. The van der Waals surface area contributed by atoms with Crippen LogP contribution in [-0.2, 0) is 0 Å².